The van der Waals surface area contributed by atoms with Crippen LogP contribution in [-0.4, -0.2) is 38.0 Å². The topological polar surface area (TPSA) is 44.8 Å². The quantitative estimate of drug-likeness (QED) is 0.423. The Labute approximate surface area is 111 Å². The van der Waals surface area contributed by atoms with Gasteiger partial charge in [-0.2, -0.15) is 0 Å². The van der Waals surface area contributed by atoms with Gasteiger partial charge in [-0.1, -0.05) is 26.2 Å². The predicted molar refractivity (Wildman–Crippen MR) is 71.6 cm³/mol. The minimum Gasteiger partial charge on any atom is -0.460 e. The second-order valence-electron chi connectivity index (χ2n) is 4.70. The summed E-state index contributed by atoms with van der Waals surface area (Å²) < 4.78 is 16.0. The van der Waals surface area contributed by atoms with Crippen LogP contribution >= 0.6 is 0 Å². The molecule has 0 heterocycles. The third-order valence-electron chi connectivity index (χ3n) is 2.48. The molecule has 108 valence electrons. The van der Waals surface area contributed by atoms with Crippen LogP contribution in [0.4, 0.5) is 0 Å². The zero-order chi connectivity index (χ0) is 13.8. The van der Waals surface area contributed by atoms with Gasteiger partial charge in [0.05, 0.1) is 19.3 Å². The number of esters is 1. The molecule has 0 amide bonds. The maximum absolute atomic E-state index is 10.7. The molecule has 0 saturated heterocycles. The van der Waals surface area contributed by atoms with Gasteiger partial charge in [-0.15, -0.1) is 0 Å². The third-order valence-corrected chi connectivity index (χ3v) is 2.48. The normalized spacial score (nSPS) is 14.2. The zero-order valence-corrected chi connectivity index (χ0v) is 12.2. The van der Waals surface area contributed by atoms with Gasteiger partial charge in [-0.25, -0.2) is 0 Å². The van der Waals surface area contributed by atoms with Crippen molar-refractivity contribution >= 4 is 5.97 Å². The fourth-order valence-electron chi connectivity index (χ4n) is 1.55. The van der Waals surface area contributed by atoms with Crippen LogP contribution in [0.15, 0.2) is 0 Å². The minimum atomic E-state index is -0.272. The molecule has 0 aliphatic rings. The largest absolute Gasteiger partial charge is 0.460 e. The van der Waals surface area contributed by atoms with Gasteiger partial charge in [0.25, 0.3) is 0 Å². The molecule has 0 saturated carbocycles. The SMILES string of the molecule is CCCCCCOCC(C)OCC(C)OC(C)=O. The van der Waals surface area contributed by atoms with Crippen LogP contribution in [0.1, 0.15) is 53.4 Å². The van der Waals surface area contributed by atoms with E-state index in [9.17, 15) is 4.79 Å². The predicted octanol–water partition coefficient (Wildman–Crippen LogP) is 2.94. The van der Waals surface area contributed by atoms with Crippen LogP contribution in [-0.2, 0) is 19.0 Å². The van der Waals surface area contributed by atoms with Gasteiger partial charge in [0.15, 0.2) is 0 Å². The molecule has 18 heavy (non-hydrogen) atoms. The van der Waals surface area contributed by atoms with Gasteiger partial charge in [-0.05, 0) is 20.3 Å². The van der Waals surface area contributed by atoms with Crippen molar-refractivity contribution in [3.8, 4) is 0 Å². The third kappa shape index (κ3) is 11.9. The standard InChI is InChI=1S/C14H28O4/c1-5-6-7-8-9-16-10-12(2)17-11-13(3)18-14(4)15/h12-13H,5-11H2,1-4H3. The van der Waals surface area contributed by atoms with Crippen LogP contribution in [0.5, 0.6) is 0 Å². The molecule has 4 nitrogen and oxygen atoms in total. The Bertz CT molecular complexity index is 206. The molecule has 0 aromatic rings. The highest BCUT2D eigenvalue weighted by atomic mass is 16.6. The summed E-state index contributed by atoms with van der Waals surface area (Å²) in [6.07, 6.45) is 4.70. The van der Waals surface area contributed by atoms with Crippen LogP contribution in [0.3, 0.4) is 0 Å². The first-order valence-electron chi connectivity index (χ1n) is 6.92. The smallest absolute Gasteiger partial charge is 0.302 e. The number of hydrogen-bond donors (Lipinski definition) is 0. The molecular weight excluding hydrogens is 232 g/mol. The Morgan fingerprint density at radius 2 is 1.78 bits per heavy atom. The van der Waals surface area contributed by atoms with Crippen molar-refractivity contribution in [2.24, 2.45) is 0 Å². The number of rotatable bonds is 11. The Balaban J connectivity index is 3.36. The van der Waals surface area contributed by atoms with Gasteiger partial charge >= 0.3 is 5.97 Å². The van der Waals surface area contributed by atoms with Crippen molar-refractivity contribution in [1.82, 2.24) is 0 Å². The molecular formula is C14H28O4. The summed E-state index contributed by atoms with van der Waals surface area (Å²) in [6.45, 7) is 9.19. The Morgan fingerprint density at radius 3 is 2.39 bits per heavy atom. The maximum atomic E-state index is 10.7. The molecule has 0 aromatic heterocycles. The summed E-state index contributed by atoms with van der Waals surface area (Å²) in [7, 11) is 0. The summed E-state index contributed by atoms with van der Waals surface area (Å²) in [5, 5.41) is 0. The van der Waals surface area contributed by atoms with E-state index in [0.717, 1.165) is 13.0 Å². The number of carbonyl (C=O) groups excluding carboxylic acids is 1. The van der Waals surface area contributed by atoms with E-state index in [4.69, 9.17) is 14.2 Å². The van der Waals surface area contributed by atoms with Crippen molar-refractivity contribution in [3.63, 3.8) is 0 Å². The van der Waals surface area contributed by atoms with Crippen LogP contribution in [0, 0.1) is 0 Å². The van der Waals surface area contributed by atoms with Gasteiger partial charge < -0.3 is 14.2 Å². The second kappa shape index (κ2) is 11.5. The van der Waals surface area contributed by atoms with E-state index in [0.29, 0.717) is 13.2 Å². The molecule has 2 atom stereocenters. The summed E-state index contributed by atoms with van der Waals surface area (Å²) in [6, 6.07) is 0. The lowest BCUT2D eigenvalue weighted by Gasteiger charge is -2.17. The lowest BCUT2D eigenvalue weighted by molar-refractivity contribution is -0.149. The number of carbonyl (C=O) groups is 1. The van der Waals surface area contributed by atoms with E-state index in [2.05, 4.69) is 6.92 Å². The molecule has 0 bridgehead atoms. The van der Waals surface area contributed by atoms with E-state index >= 15 is 0 Å². The average molecular weight is 260 g/mol. The number of ether oxygens (including phenoxy) is 3. The van der Waals surface area contributed by atoms with E-state index in [1.165, 1.54) is 26.2 Å². The summed E-state index contributed by atoms with van der Waals surface area (Å²) in [4.78, 5) is 10.7. The van der Waals surface area contributed by atoms with Gasteiger partial charge in [0.2, 0.25) is 0 Å². The Kier molecular flexibility index (Phi) is 11.1. The van der Waals surface area contributed by atoms with E-state index < -0.39 is 0 Å². The number of unbranched alkanes of at least 4 members (excludes halogenated alkanes) is 3. The molecule has 2 unspecified atom stereocenters. The van der Waals surface area contributed by atoms with Crippen molar-refractivity contribution in [2.45, 2.75) is 65.6 Å². The first-order valence-corrected chi connectivity index (χ1v) is 6.92. The number of hydrogen-bond acceptors (Lipinski definition) is 4. The first kappa shape index (κ1) is 17.4. The maximum Gasteiger partial charge on any atom is 0.302 e. The molecule has 4 heteroatoms. The Hall–Kier alpha value is -0.610. The van der Waals surface area contributed by atoms with E-state index in [1.807, 2.05) is 13.8 Å². The van der Waals surface area contributed by atoms with Gasteiger partial charge in [-0.3, -0.25) is 4.79 Å². The Morgan fingerprint density at radius 1 is 1.06 bits per heavy atom. The van der Waals surface area contributed by atoms with Crippen LogP contribution in [0.2, 0.25) is 0 Å². The summed E-state index contributed by atoms with van der Waals surface area (Å²) >= 11 is 0. The molecule has 0 aliphatic carbocycles. The van der Waals surface area contributed by atoms with Crippen LogP contribution in [0.25, 0.3) is 0 Å². The van der Waals surface area contributed by atoms with Crippen molar-refractivity contribution < 1.29 is 19.0 Å². The molecule has 0 fully saturated rings. The first-order chi connectivity index (χ1) is 8.56. The molecule has 0 rings (SSSR count). The van der Waals surface area contributed by atoms with Crippen LogP contribution < -0.4 is 0 Å². The lowest BCUT2D eigenvalue weighted by Crippen LogP contribution is -2.24. The summed E-state index contributed by atoms with van der Waals surface area (Å²) in [5.74, 6) is -0.272. The van der Waals surface area contributed by atoms with Gasteiger partial charge in [0.1, 0.15) is 6.10 Å². The summed E-state index contributed by atoms with van der Waals surface area (Å²) in [5.41, 5.74) is 0. The highest BCUT2D eigenvalue weighted by molar-refractivity contribution is 5.66. The van der Waals surface area contributed by atoms with E-state index in [1.54, 1.807) is 0 Å². The molecule has 0 radical (unpaired) electrons. The van der Waals surface area contributed by atoms with Crippen molar-refractivity contribution in [2.75, 3.05) is 19.8 Å². The monoisotopic (exact) mass is 260 g/mol. The second-order valence-corrected chi connectivity index (χ2v) is 4.70. The lowest BCUT2D eigenvalue weighted by atomic mass is 10.2. The minimum absolute atomic E-state index is 0.0363. The zero-order valence-electron chi connectivity index (χ0n) is 12.2. The fraction of sp³-hybridized carbons (Fsp3) is 0.929. The fourth-order valence-corrected chi connectivity index (χ4v) is 1.55. The van der Waals surface area contributed by atoms with E-state index in [-0.39, 0.29) is 18.2 Å². The van der Waals surface area contributed by atoms with Crippen molar-refractivity contribution in [3.05, 3.63) is 0 Å². The molecule has 0 spiro atoms. The van der Waals surface area contributed by atoms with Gasteiger partial charge in [0, 0.05) is 13.5 Å². The van der Waals surface area contributed by atoms with Crippen molar-refractivity contribution in [1.29, 1.82) is 0 Å². The molecule has 0 aromatic carbocycles. The average Bonchev–Trinajstić information content (AvgIpc) is 2.30. The highest BCUT2D eigenvalue weighted by Crippen LogP contribution is 2.01. The molecule has 0 N–H and O–H groups in total. The molecule has 0 aliphatic heterocycles. The highest BCUT2D eigenvalue weighted by Gasteiger charge is 2.08.